The van der Waals surface area contributed by atoms with Gasteiger partial charge in [-0.25, -0.2) is 13.1 Å². The minimum absolute atomic E-state index is 0.0850. The first kappa shape index (κ1) is 20.3. The van der Waals surface area contributed by atoms with Gasteiger partial charge in [0.1, 0.15) is 0 Å². The highest BCUT2D eigenvalue weighted by Gasteiger charge is 2.29. The van der Waals surface area contributed by atoms with Crippen molar-refractivity contribution >= 4 is 27.6 Å². The Morgan fingerprint density at radius 3 is 2.50 bits per heavy atom. The zero-order valence-corrected chi connectivity index (χ0v) is 16.1. The molecule has 0 saturated carbocycles. The number of piperidine rings is 1. The van der Waals surface area contributed by atoms with Gasteiger partial charge in [0.25, 0.3) is 5.91 Å². The second kappa shape index (κ2) is 8.61. The maximum Gasteiger partial charge on any atom is 0.309 e. The van der Waals surface area contributed by atoms with Crippen molar-refractivity contribution in [3.05, 3.63) is 23.8 Å². The summed E-state index contributed by atoms with van der Waals surface area (Å²) in [6.45, 7) is 3.42. The molecule has 0 aliphatic carbocycles. The topological polar surface area (TPSA) is 106 Å². The number of ether oxygens (including phenoxy) is 1. The predicted molar refractivity (Wildman–Crippen MR) is 96.4 cm³/mol. The molecular weight excluding hydrogens is 358 g/mol. The summed E-state index contributed by atoms with van der Waals surface area (Å²) in [5, 5.41) is 2.75. The van der Waals surface area contributed by atoms with Crippen molar-refractivity contribution in [2.24, 2.45) is 5.92 Å². The van der Waals surface area contributed by atoms with E-state index >= 15 is 0 Å². The molecule has 0 unspecified atom stereocenters. The van der Waals surface area contributed by atoms with E-state index in [0.29, 0.717) is 24.1 Å². The summed E-state index contributed by atoms with van der Waals surface area (Å²) in [4.78, 5) is 25.1. The number of hydrogen-bond acceptors (Lipinski definition) is 5. The highest BCUT2D eigenvalue weighted by atomic mass is 32.2. The summed E-state index contributed by atoms with van der Waals surface area (Å²) in [5.74, 6) is -0.460. The van der Waals surface area contributed by atoms with Crippen LogP contribution < -0.4 is 14.9 Å². The number of likely N-dealkylation sites (tertiary alicyclic amines) is 1. The Labute approximate surface area is 153 Å². The second-order valence-corrected chi connectivity index (χ2v) is 8.32. The fourth-order valence-corrected chi connectivity index (χ4v) is 4.11. The van der Waals surface area contributed by atoms with Gasteiger partial charge in [-0.15, -0.1) is 0 Å². The predicted octanol–water partition coefficient (Wildman–Crippen LogP) is -0.690. The van der Waals surface area contributed by atoms with Crippen LogP contribution in [-0.2, 0) is 24.3 Å². The fraction of sp³-hybridized carbons (Fsp3) is 0.529. The Morgan fingerprint density at radius 1 is 1.27 bits per heavy atom. The summed E-state index contributed by atoms with van der Waals surface area (Å²) in [6, 6.07) is 4.80. The fourth-order valence-electron chi connectivity index (χ4n) is 3.11. The summed E-state index contributed by atoms with van der Waals surface area (Å²) in [6.07, 6.45) is 1.40. The molecule has 0 radical (unpaired) electrons. The Bertz CT molecular complexity index is 771. The maximum atomic E-state index is 12.3. The first-order valence-electron chi connectivity index (χ1n) is 8.52. The molecule has 1 aromatic rings. The molecule has 1 amide bonds. The molecule has 144 valence electrons. The molecule has 1 aliphatic rings. The molecule has 0 bridgehead atoms. The quantitative estimate of drug-likeness (QED) is 0.563. The number of amides is 1. The number of nitrogens with one attached hydrogen (secondary N) is 3. The molecule has 1 heterocycles. The number of esters is 1. The first-order chi connectivity index (χ1) is 12.3. The third-order valence-electron chi connectivity index (χ3n) is 4.67. The van der Waals surface area contributed by atoms with Crippen LogP contribution in [0.4, 0.5) is 5.69 Å². The summed E-state index contributed by atoms with van der Waals surface area (Å²) in [5.41, 5.74) is 1.05. The second-order valence-electron chi connectivity index (χ2n) is 6.46. The SMILES string of the molecule is CNS(=O)(=O)c1cc(NC(=O)C[NH+]2CCC(C(=O)OC)CC2)ccc1C. The van der Waals surface area contributed by atoms with Crippen molar-refractivity contribution < 1.29 is 27.6 Å². The number of rotatable bonds is 6. The Kier molecular flexibility index (Phi) is 6.74. The van der Waals surface area contributed by atoms with E-state index < -0.39 is 10.0 Å². The average Bonchev–Trinajstić information content (AvgIpc) is 2.63. The molecule has 1 aromatic carbocycles. The van der Waals surface area contributed by atoms with Gasteiger partial charge in [-0.1, -0.05) is 6.07 Å². The molecule has 1 fully saturated rings. The molecular formula is C17H26N3O5S+. The van der Waals surface area contributed by atoms with Crippen LogP contribution in [0, 0.1) is 12.8 Å². The van der Waals surface area contributed by atoms with Crippen LogP contribution >= 0.6 is 0 Å². The third kappa shape index (κ3) is 5.03. The lowest BCUT2D eigenvalue weighted by atomic mass is 9.97. The van der Waals surface area contributed by atoms with Crippen LogP contribution in [0.2, 0.25) is 0 Å². The van der Waals surface area contributed by atoms with Gasteiger partial charge in [0.05, 0.1) is 31.0 Å². The van der Waals surface area contributed by atoms with Gasteiger partial charge in [0, 0.05) is 18.5 Å². The molecule has 1 saturated heterocycles. The number of methoxy groups -OCH3 is 1. The van der Waals surface area contributed by atoms with Crippen LogP contribution in [-0.4, -0.2) is 54.1 Å². The number of anilines is 1. The van der Waals surface area contributed by atoms with Crippen LogP contribution in [0.3, 0.4) is 0 Å². The molecule has 2 rings (SSSR count). The number of hydrogen-bond donors (Lipinski definition) is 3. The van der Waals surface area contributed by atoms with Crippen LogP contribution in [0.5, 0.6) is 0 Å². The average molecular weight is 384 g/mol. The van der Waals surface area contributed by atoms with Crippen LogP contribution in [0.15, 0.2) is 23.1 Å². The van der Waals surface area contributed by atoms with E-state index in [4.69, 9.17) is 4.74 Å². The number of carbonyl (C=O) groups excluding carboxylic acids is 2. The van der Waals surface area contributed by atoms with E-state index in [-0.39, 0.29) is 29.2 Å². The lowest BCUT2D eigenvalue weighted by Gasteiger charge is -2.27. The number of quaternary nitrogens is 1. The van der Waals surface area contributed by atoms with E-state index in [1.54, 1.807) is 19.1 Å². The van der Waals surface area contributed by atoms with Crippen molar-refractivity contribution in [1.82, 2.24) is 4.72 Å². The smallest absolute Gasteiger partial charge is 0.309 e. The van der Waals surface area contributed by atoms with E-state index in [0.717, 1.165) is 18.0 Å². The largest absolute Gasteiger partial charge is 0.469 e. The molecule has 3 N–H and O–H groups in total. The van der Waals surface area contributed by atoms with Crippen molar-refractivity contribution in [2.75, 3.05) is 39.1 Å². The lowest BCUT2D eigenvalue weighted by molar-refractivity contribution is -0.897. The van der Waals surface area contributed by atoms with Crippen molar-refractivity contribution in [3.8, 4) is 0 Å². The monoisotopic (exact) mass is 384 g/mol. The minimum atomic E-state index is -3.58. The molecule has 0 aromatic heterocycles. The number of benzene rings is 1. The Balaban J connectivity index is 1.95. The van der Waals surface area contributed by atoms with Crippen molar-refractivity contribution in [1.29, 1.82) is 0 Å². The van der Waals surface area contributed by atoms with Crippen LogP contribution in [0.25, 0.3) is 0 Å². The Morgan fingerprint density at radius 2 is 1.92 bits per heavy atom. The summed E-state index contributed by atoms with van der Waals surface area (Å²) in [7, 11) is -0.845. The van der Waals surface area contributed by atoms with Gasteiger partial charge in [-0.3, -0.25) is 9.59 Å². The van der Waals surface area contributed by atoms with Crippen molar-refractivity contribution in [3.63, 3.8) is 0 Å². The standard InChI is InChI=1S/C17H25N3O5S/c1-12-4-5-14(10-15(12)26(23,24)18-2)19-16(21)11-20-8-6-13(7-9-20)17(22)25-3/h4-5,10,13,18H,6-9,11H2,1-3H3,(H,19,21)/p+1. The van der Waals surface area contributed by atoms with E-state index in [2.05, 4.69) is 10.0 Å². The minimum Gasteiger partial charge on any atom is -0.469 e. The van der Waals surface area contributed by atoms with Gasteiger partial charge in [0.2, 0.25) is 10.0 Å². The van der Waals surface area contributed by atoms with Gasteiger partial charge >= 0.3 is 5.97 Å². The van der Waals surface area contributed by atoms with Gasteiger partial charge < -0.3 is 15.0 Å². The third-order valence-corrected chi connectivity index (χ3v) is 6.22. The maximum absolute atomic E-state index is 12.3. The molecule has 0 atom stereocenters. The Hall–Kier alpha value is -1.97. The van der Waals surface area contributed by atoms with E-state index in [9.17, 15) is 18.0 Å². The molecule has 9 heteroatoms. The van der Waals surface area contributed by atoms with Gasteiger partial charge in [-0.05, 0) is 31.7 Å². The number of aryl methyl sites for hydroxylation is 1. The van der Waals surface area contributed by atoms with E-state index in [1.165, 1.54) is 20.2 Å². The summed E-state index contributed by atoms with van der Waals surface area (Å²) < 4.78 is 31.1. The van der Waals surface area contributed by atoms with E-state index in [1.807, 2.05) is 0 Å². The molecule has 1 aliphatic heterocycles. The zero-order valence-electron chi connectivity index (χ0n) is 15.3. The van der Waals surface area contributed by atoms with Gasteiger partial charge in [0.15, 0.2) is 6.54 Å². The van der Waals surface area contributed by atoms with Crippen molar-refractivity contribution in [2.45, 2.75) is 24.7 Å². The molecule has 8 nitrogen and oxygen atoms in total. The number of carbonyl (C=O) groups is 2. The highest BCUT2D eigenvalue weighted by molar-refractivity contribution is 7.89. The number of sulfonamides is 1. The normalized spacial score (nSPS) is 20.4. The van der Waals surface area contributed by atoms with Gasteiger partial charge in [-0.2, -0.15) is 0 Å². The zero-order chi connectivity index (χ0) is 19.3. The lowest BCUT2D eigenvalue weighted by Crippen LogP contribution is -3.14. The van der Waals surface area contributed by atoms with Crippen LogP contribution in [0.1, 0.15) is 18.4 Å². The highest BCUT2D eigenvalue weighted by Crippen LogP contribution is 2.19. The molecule has 26 heavy (non-hydrogen) atoms. The molecule has 0 spiro atoms. The summed E-state index contributed by atoms with van der Waals surface area (Å²) >= 11 is 0. The first-order valence-corrected chi connectivity index (χ1v) is 10.0.